The quantitative estimate of drug-likeness (QED) is 0.638. The molecule has 0 spiro atoms. The van der Waals surface area contributed by atoms with Gasteiger partial charge in [-0.25, -0.2) is 4.79 Å². The lowest BCUT2D eigenvalue weighted by Gasteiger charge is -2.36. The zero-order chi connectivity index (χ0) is 16.9. The van der Waals surface area contributed by atoms with Crippen LogP contribution in [0.2, 0.25) is 0 Å². The Labute approximate surface area is 141 Å². The summed E-state index contributed by atoms with van der Waals surface area (Å²) in [6.45, 7) is 3.08. The first kappa shape index (κ1) is 16.1. The van der Waals surface area contributed by atoms with Crippen LogP contribution in [0, 0.1) is 12.3 Å². The molecule has 3 rings (SSSR count). The maximum atomic E-state index is 12.5. The van der Waals surface area contributed by atoms with Gasteiger partial charge in [0.2, 0.25) is 0 Å². The van der Waals surface area contributed by atoms with Crippen molar-refractivity contribution < 1.29 is 9.53 Å². The molecule has 6 heteroatoms. The van der Waals surface area contributed by atoms with E-state index >= 15 is 0 Å². The van der Waals surface area contributed by atoms with Crippen molar-refractivity contribution in [3.05, 3.63) is 36.4 Å². The molecule has 2 aromatic rings. The predicted molar refractivity (Wildman–Crippen MR) is 91.1 cm³/mol. The normalized spacial score (nSPS) is 17.3. The van der Waals surface area contributed by atoms with Gasteiger partial charge >= 0.3 is 5.97 Å². The number of piperidine rings is 1. The van der Waals surface area contributed by atoms with Crippen molar-refractivity contribution in [1.29, 1.82) is 0 Å². The number of nitrogens with zero attached hydrogens (tertiary/aromatic N) is 4. The highest BCUT2D eigenvalue weighted by Crippen LogP contribution is 2.30. The third-order valence-corrected chi connectivity index (χ3v) is 4.32. The molecule has 0 saturated carbocycles. The van der Waals surface area contributed by atoms with Crippen LogP contribution in [0.3, 0.4) is 0 Å². The molecule has 1 aliphatic heterocycles. The molecule has 1 aromatic carbocycles. The number of rotatable bonds is 4. The predicted octanol–water partition coefficient (Wildman–Crippen LogP) is 2.44. The first-order valence-electron chi connectivity index (χ1n) is 8.07. The Morgan fingerprint density at radius 3 is 2.88 bits per heavy atom. The van der Waals surface area contributed by atoms with Crippen LogP contribution < -0.4 is 4.90 Å². The Hall–Kier alpha value is -2.81. The van der Waals surface area contributed by atoms with Gasteiger partial charge in [-0.1, -0.05) is 5.92 Å². The molecule has 1 saturated heterocycles. The fourth-order valence-corrected chi connectivity index (χ4v) is 3.07. The number of aromatic nitrogens is 3. The molecule has 1 atom stereocenters. The van der Waals surface area contributed by atoms with Crippen LogP contribution in [-0.2, 0) is 4.74 Å². The maximum Gasteiger partial charge on any atom is 0.341 e. The number of carbonyl (C=O) groups excluding carboxylic acids is 1. The van der Waals surface area contributed by atoms with Crippen LogP contribution in [0.5, 0.6) is 0 Å². The first-order chi connectivity index (χ1) is 11.7. The number of hydrogen-bond acceptors (Lipinski definition) is 5. The highest BCUT2D eigenvalue weighted by atomic mass is 16.5. The van der Waals surface area contributed by atoms with E-state index in [0.717, 1.165) is 30.8 Å². The van der Waals surface area contributed by atoms with Crippen molar-refractivity contribution in [2.75, 3.05) is 18.1 Å². The van der Waals surface area contributed by atoms with Gasteiger partial charge in [-0.15, -0.1) is 16.6 Å². The van der Waals surface area contributed by atoms with Gasteiger partial charge in [0.1, 0.15) is 12.7 Å². The molecule has 0 aliphatic carbocycles. The van der Waals surface area contributed by atoms with Gasteiger partial charge in [-0.2, -0.15) is 0 Å². The Morgan fingerprint density at radius 1 is 1.38 bits per heavy atom. The number of benzene rings is 1. The van der Waals surface area contributed by atoms with E-state index in [1.54, 1.807) is 23.3 Å². The van der Waals surface area contributed by atoms with Crippen LogP contribution in [0.15, 0.2) is 30.9 Å². The molecule has 24 heavy (non-hydrogen) atoms. The fraction of sp³-hybridized carbons (Fsp3) is 0.389. The summed E-state index contributed by atoms with van der Waals surface area (Å²) < 4.78 is 6.93. The average molecular weight is 324 g/mol. The van der Waals surface area contributed by atoms with Gasteiger partial charge in [0.05, 0.1) is 11.3 Å². The van der Waals surface area contributed by atoms with Crippen LogP contribution in [0.1, 0.15) is 36.5 Å². The van der Waals surface area contributed by atoms with E-state index in [2.05, 4.69) is 27.9 Å². The highest BCUT2D eigenvalue weighted by Gasteiger charge is 2.24. The van der Waals surface area contributed by atoms with Crippen LogP contribution >= 0.6 is 0 Å². The van der Waals surface area contributed by atoms with E-state index in [1.807, 2.05) is 12.1 Å². The number of hydrogen-bond donors (Lipinski definition) is 0. The lowest BCUT2D eigenvalue weighted by atomic mass is 10.0. The zero-order valence-electron chi connectivity index (χ0n) is 13.7. The molecule has 2 heterocycles. The summed E-state index contributed by atoms with van der Waals surface area (Å²) in [6, 6.07) is 6.11. The zero-order valence-corrected chi connectivity index (χ0v) is 13.7. The molecule has 1 fully saturated rings. The van der Waals surface area contributed by atoms with Crippen molar-refractivity contribution in [3.63, 3.8) is 0 Å². The standard InChI is InChI=1S/C18H20N4O2/c1-3-10-24-18(23)16-11-15(21-12-19-20-13-21)7-8-17(16)22-9-5-4-6-14(22)2/h1,7-8,11-14H,4-6,9-10H2,2H3/t14-/m1/s1. The molecule has 1 aromatic heterocycles. The minimum Gasteiger partial charge on any atom is -0.449 e. The van der Waals surface area contributed by atoms with Gasteiger partial charge in [-0.05, 0) is 44.4 Å². The average Bonchev–Trinajstić information content (AvgIpc) is 3.14. The molecular formula is C18H20N4O2. The number of ether oxygens (including phenoxy) is 1. The Kier molecular flexibility index (Phi) is 4.80. The van der Waals surface area contributed by atoms with Gasteiger partial charge in [0.15, 0.2) is 6.61 Å². The summed E-state index contributed by atoms with van der Waals surface area (Å²) in [5, 5.41) is 7.61. The van der Waals surface area contributed by atoms with Crippen molar-refractivity contribution in [1.82, 2.24) is 14.8 Å². The van der Waals surface area contributed by atoms with Crippen molar-refractivity contribution in [2.24, 2.45) is 0 Å². The Morgan fingerprint density at radius 2 is 2.17 bits per heavy atom. The molecule has 0 unspecified atom stereocenters. The summed E-state index contributed by atoms with van der Waals surface area (Å²) in [5.74, 6) is 1.93. The second-order valence-corrected chi connectivity index (χ2v) is 5.89. The SMILES string of the molecule is C#CCOC(=O)c1cc(-n2cnnc2)ccc1N1CCCC[C@H]1C. The van der Waals surface area contributed by atoms with Crippen molar-refractivity contribution in [2.45, 2.75) is 32.2 Å². The van der Waals surface area contributed by atoms with Crippen molar-refractivity contribution in [3.8, 4) is 18.0 Å². The molecule has 6 nitrogen and oxygen atoms in total. The third-order valence-electron chi connectivity index (χ3n) is 4.32. The summed E-state index contributed by atoms with van der Waals surface area (Å²) in [4.78, 5) is 14.8. The summed E-state index contributed by atoms with van der Waals surface area (Å²) in [7, 11) is 0. The van der Waals surface area contributed by atoms with E-state index in [1.165, 1.54) is 6.42 Å². The van der Waals surface area contributed by atoms with E-state index in [-0.39, 0.29) is 6.61 Å². The summed E-state index contributed by atoms with van der Waals surface area (Å²) >= 11 is 0. The largest absolute Gasteiger partial charge is 0.449 e. The molecule has 0 bridgehead atoms. The molecular weight excluding hydrogens is 304 g/mol. The van der Waals surface area contributed by atoms with Crippen LogP contribution in [-0.4, -0.2) is 39.9 Å². The van der Waals surface area contributed by atoms with Crippen molar-refractivity contribution >= 4 is 11.7 Å². The topological polar surface area (TPSA) is 60.3 Å². The van der Waals surface area contributed by atoms with Crippen LogP contribution in [0.4, 0.5) is 5.69 Å². The molecule has 0 N–H and O–H groups in total. The first-order valence-corrected chi connectivity index (χ1v) is 8.07. The molecule has 0 amide bonds. The number of anilines is 1. The van der Waals surface area contributed by atoms with E-state index in [4.69, 9.17) is 11.2 Å². The third kappa shape index (κ3) is 3.25. The number of terminal acetylenes is 1. The van der Waals surface area contributed by atoms with E-state index < -0.39 is 5.97 Å². The fourth-order valence-electron chi connectivity index (χ4n) is 3.07. The maximum absolute atomic E-state index is 12.5. The van der Waals surface area contributed by atoms with Gasteiger partial charge in [-0.3, -0.25) is 4.57 Å². The molecule has 0 radical (unpaired) electrons. The van der Waals surface area contributed by atoms with Gasteiger partial charge in [0.25, 0.3) is 0 Å². The minimum atomic E-state index is -0.407. The minimum absolute atomic E-state index is 0.0370. The lowest BCUT2D eigenvalue weighted by molar-refractivity contribution is 0.0557. The number of esters is 1. The molecule has 1 aliphatic rings. The smallest absolute Gasteiger partial charge is 0.341 e. The highest BCUT2D eigenvalue weighted by molar-refractivity contribution is 5.96. The van der Waals surface area contributed by atoms with E-state index in [9.17, 15) is 4.79 Å². The second-order valence-electron chi connectivity index (χ2n) is 5.89. The monoisotopic (exact) mass is 324 g/mol. The summed E-state index contributed by atoms with van der Waals surface area (Å²) in [5.41, 5.74) is 2.22. The van der Waals surface area contributed by atoms with Gasteiger partial charge in [0, 0.05) is 18.3 Å². The second kappa shape index (κ2) is 7.18. The van der Waals surface area contributed by atoms with Crippen LogP contribution in [0.25, 0.3) is 5.69 Å². The summed E-state index contributed by atoms with van der Waals surface area (Å²) in [6.07, 6.45) is 11.8. The molecule has 124 valence electrons. The van der Waals surface area contributed by atoms with E-state index in [0.29, 0.717) is 11.6 Å². The Balaban J connectivity index is 2.00. The lowest BCUT2D eigenvalue weighted by Crippen LogP contribution is -2.38. The number of carbonyl (C=O) groups is 1. The Bertz CT molecular complexity index is 749. The van der Waals surface area contributed by atoms with Gasteiger partial charge < -0.3 is 9.64 Å².